The van der Waals surface area contributed by atoms with Gasteiger partial charge in [-0.25, -0.2) is 4.79 Å². The zero-order chi connectivity index (χ0) is 19.5. The van der Waals surface area contributed by atoms with Gasteiger partial charge >= 0.3 is 5.97 Å². The number of para-hydroxylation sites is 1. The lowest BCUT2D eigenvalue weighted by Gasteiger charge is -2.47. The maximum Gasteiger partial charge on any atom is 0.351 e. The van der Waals surface area contributed by atoms with Gasteiger partial charge in [0, 0.05) is 18.9 Å². The number of benzene rings is 2. The zero-order valence-corrected chi connectivity index (χ0v) is 14.8. The van der Waals surface area contributed by atoms with Crippen molar-refractivity contribution in [1.29, 1.82) is 0 Å². The van der Waals surface area contributed by atoms with Crippen molar-refractivity contribution in [2.24, 2.45) is 0 Å². The number of carbonyl (C=O) groups is 3. The van der Waals surface area contributed by atoms with E-state index < -0.39 is 17.5 Å². The molecule has 2 aromatic carbocycles. The van der Waals surface area contributed by atoms with Crippen LogP contribution in [0.5, 0.6) is 11.5 Å². The highest BCUT2D eigenvalue weighted by molar-refractivity contribution is 6.22. The molecule has 0 unspecified atom stereocenters. The number of carboxylic acids is 1. The van der Waals surface area contributed by atoms with E-state index in [1.54, 1.807) is 42.5 Å². The number of fused-ring (bicyclic) bond motifs is 4. The molecule has 0 spiro atoms. The first-order valence-electron chi connectivity index (χ1n) is 8.94. The number of aliphatic carboxylic acids is 1. The summed E-state index contributed by atoms with van der Waals surface area (Å²) in [6.45, 7) is 0.783. The van der Waals surface area contributed by atoms with Crippen LogP contribution in [0.15, 0.2) is 42.5 Å². The van der Waals surface area contributed by atoms with Crippen molar-refractivity contribution in [3.8, 4) is 11.5 Å². The smallest absolute Gasteiger partial charge is 0.351 e. The molecule has 28 heavy (non-hydrogen) atoms. The molecule has 8 nitrogen and oxygen atoms in total. The standard InChI is InChI=1S/C20H16N2O6/c23-17-7-8-20(19(25)26)21(12-5-6-15-16(11-12)28-10-9-27-15)18(24)13-3-1-2-4-14(13)22(17)20/h1-6,11H,7-10H2,(H,25,26)/t20-/m0/s1. The lowest BCUT2D eigenvalue weighted by Crippen LogP contribution is -2.68. The van der Waals surface area contributed by atoms with Crippen molar-refractivity contribution in [2.75, 3.05) is 23.0 Å². The van der Waals surface area contributed by atoms with Crippen LogP contribution in [0.1, 0.15) is 23.2 Å². The summed E-state index contributed by atoms with van der Waals surface area (Å²) in [6, 6.07) is 11.4. The molecule has 5 rings (SSSR count). The minimum Gasteiger partial charge on any atom is -0.486 e. The Morgan fingerprint density at radius 2 is 1.75 bits per heavy atom. The highest BCUT2D eigenvalue weighted by Crippen LogP contribution is 2.47. The van der Waals surface area contributed by atoms with Gasteiger partial charge in [-0.2, -0.15) is 0 Å². The fourth-order valence-electron chi connectivity index (χ4n) is 4.19. The third-order valence-electron chi connectivity index (χ3n) is 5.38. The van der Waals surface area contributed by atoms with Gasteiger partial charge in [0.15, 0.2) is 11.5 Å². The third kappa shape index (κ3) is 2.02. The lowest BCUT2D eigenvalue weighted by molar-refractivity contribution is -0.143. The summed E-state index contributed by atoms with van der Waals surface area (Å²) >= 11 is 0. The number of anilines is 2. The van der Waals surface area contributed by atoms with Crippen LogP contribution in [-0.2, 0) is 9.59 Å². The first-order valence-corrected chi connectivity index (χ1v) is 8.94. The second kappa shape index (κ2) is 5.72. The van der Waals surface area contributed by atoms with Crippen LogP contribution in [0.25, 0.3) is 0 Å². The molecule has 0 aromatic heterocycles. The van der Waals surface area contributed by atoms with Crippen LogP contribution in [0.2, 0.25) is 0 Å². The largest absolute Gasteiger partial charge is 0.486 e. The van der Waals surface area contributed by atoms with Gasteiger partial charge in [-0.15, -0.1) is 0 Å². The Morgan fingerprint density at radius 3 is 2.54 bits per heavy atom. The fourth-order valence-corrected chi connectivity index (χ4v) is 4.19. The molecule has 0 aliphatic carbocycles. The maximum absolute atomic E-state index is 13.4. The van der Waals surface area contributed by atoms with E-state index in [0.29, 0.717) is 36.1 Å². The van der Waals surface area contributed by atoms with Crippen LogP contribution in [0.3, 0.4) is 0 Å². The number of carbonyl (C=O) groups excluding carboxylic acids is 2. The molecule has 2 aromatic rings. The Kier molecular flexibility index (Phi) is 3.39. The van der Waals surface area contributed by atoms with Crippen LogP contribution in [0.4, 0.5) is 11.4 Å². The summed E-state index contributed by atoms with van der Waals surface area (Å²) in [5, 5.41) is 10.2. The molecule has 0 saturated carbocycles. The maximum atomic E-state index is 13.4. The predicted octanol–water partition coefficient (Wildman–Crippen LogP) is 2.03. The normalized spacial score (nSPS) is 22.7. The average Bonchev–Trinajstić information content (AvgIpc) is 3.06. The number of carboxylic acid groups (broad SMARTS) is 1. The number of ether oxygens (including phenoxy) is 2. The summed E-state index contributed by atoms with van der Waals surface area (Å²) in [4.78, 5) is 41.0. The first-order chi connectivity index (χ1) is 13.5. The van der Waals surface area contributed by atoms with Crippen LogP contribution < -0.4 is 19.3 Å². The quantitative estimate of drug-likeness (QED) is 0.856. The number of amides is 2. The van der Waals surface area contributed by atoms with Gasteiger partial charge in [0.05, 0.1) is 16.9 Å². The monoisotopic (exact) mass is 380 g/mol. The minimum atomic E-state index is -1.81. The van der Waals surface area contributed by atoms with Crippen molar-refractivity contribution < 1.29 is 29.0 Å². The van der Waals surface area contributed by atoms with Gasteiger partial charge < -0.3 is 14.6 Å². The molecule has 3 aliphatic heterocycles. The molecule has 3 heterocycles. The Balaban J connectivity index is 1.75. The van der Waals surface area contributed by atoms with Gasteiger partial charge in [-0.1, -0.05) is 12.1 Å². The minimum absolute atomic E-state index is 0.00428. The summed E-state index contributed by atoms with van der Waals surface area (Å²) < 4.78 is 11.1. The summed E-state index contributed by atoms with van der Waals surface area (Å²) in [5.41, 5.74) is -0.867. The predicted molar refractivity (Wildman–Crippen MR) is 97.8 cm³/mol. The number of hydrogen-bond acceptors (Lipinski definition) is 5. The van der Waals surface area contributed by atoms with Gasteiger partial charge in [-0.3, -0.25) is 19.4 Å². The number of nitrogens with zero attached hydrogens (tertiary/aromatic N) is 2. The van der Waals surface area contributed by atoms with Crippen LogP contribution in [0, 0.1) is 0 Å². The molecule has 2 amide bonds. The molecule has 3 aliphatic rings. The van der Waals surface area contributed by atoms with Crippen LogP contribution in [-0.4, -0.2) is 41.8 Å². The van der Waals surface area contributed by atoms with E-state index in [-0.39, 0.29) is 24.3 Å². The Hall–Kier alpha value is -3.55. The van der Waals surface area contributed by atoms with Gasteiger partial charge in [0.25, 0.3) is 5.91 Å². The molecule has 1 N–H and O–H groups in total. The van der Waals surface area contributed by atoms with Crippen molar-refractivity contribution in [2.45, 2.75) is 18.5 Å². The Bertz CT molecular complexity index is 1040. The first kappa shape index (κ1) is 16.6. The molecule has 1 fully saturated rings. The second-order valence-electron chi connectivity index (χ2n) is 6.84. The van der Waals surface area contributed by atoms with E-state index in [0.717, 1.165) is 0 Å². The summed E-state index contributed by atoms with van der Waals surface area (Å²) in [6.07, 6.45) is 0.0324. The molecule has 0 radical (unpaired) electrons. The highest BCUT2D eigenvalue weighted by atomic mass is 16.6. The van der Waals surface area contributed by atoms with Crippen molar-refractivity contribution >= 4 is 29.2 Å². The molecular weight excluding hydrogens is 364 g/mol. The molecule has 1 atom stereocenters. The van der Waals surface area contributed by atoms with E-state index >= 15 is 0 Å². The van der Waals surface area contributed by atoms with Crippen molar-refractivity contribution in [1.82, 2.24) is 0 Å². The zero-order valence-electron chi connectivity index (χ0n) is 14.8. The van der Waals surface area contributed by atoms with Crippen LogP contribution >= 0.6 is 0 Å². The number of hydrogen-bond donors (Lipinski definition) is 1. The highest BCUT2D eigenvalue weighted by Gasteiger charge is 2.62. The second-order valence-corrected chi connectivity index (χ2v) is 6.84. The molecular formula is C20H16N2O6. The van der Waals surface area contributed by atoms with Gasteiger partial charge in [0.2, 0.25) is 11.6 Å². The average molecular weight is 380 g/mol. The fraction of sp³-hybridized carbons (Fsp3) is 0.250. The van der Waals surface area contributed by atoms with Crippen molar-refractivity contribution in [3.05, 3.63) is 48.0 Å². The van der Waals surface area contributed by atoms with E-state index in [9.17, 15) is 19.5 Å². The van der Waals surface area contributed by atoms with E-state index in [2.05, 4.69) is 0 Å². The molecule has 8 heteroatoms. The topological polar surface area (TPSA) is 96.4 Å². The van der Waals surface area contributed by atoms with E-state index in [4.69, 9.17) is 9.47 Å². The van der Waals surface area contributed by atoms with E-state index in [1.807, 2.05) is 0 Å². The molecule has 1 saturated heterocycles. The summed E-state index contributed by atoms with van der Waals surface area (Å²) in [7, 11) is 0. The SMILES string of the molecule is O=C1c2ccccc2N2C(=O)CC[C@]2(C(=O)O)N1c1ccc2c(c1)OCCO2. The summed E-state index contributed by atoms with van der Waals surface area (Å²) in [5.74, 6) is -1.09. The third-order valence-corrected chi connectivity index (χ3v) is 5.38. The number of rotatable bonds is 2. The Morgan fingerprint density at radius 1 is 1.00 bits per heavy atom. The van der Waals surface area contributed by atoms with Gasteiger partial charge in [-0.05, 0) is 24.3 Å². The van der Waals surface area contributed by atoms with Crippen molar-refractivity contribution in [3.63, 3.8) is 0 Å². The van der Waals surface area contributed by atoms with E-state index in [1.165, 1.54) is 9.80 Å². The van der Waals surface area contributed by atoms with Gasteiger partial charge in [0.1, 0.15) is 13.2 Å². The lowest BCUT2D eigenvalue weighted by atomic mass is 9.95. The Labute approximate surface area is 159 Å². The molecule has 142 valence electrons. The molecule has 0 bridgehead atoms.